The van der Waals surface area contributed by atoms with E-state index in [4.69, 9.17) is 10.00 Å². The molecule has 26 heavy (non-hydrogen) atoms. The van der Waals surface area contributed by atoms with E-state index in [2.05, 4.69) is 4.98 Å². The number of nitriles is 1. The summed E-state index contributed by atoms with van der Waals surface area (Å²) in [5.74, 6) is 1.41. The maximum atomic E-state index is 12.6. The van der Waals surface area contributed by atoms with Crippen LogP contribution in [0.5, 0.6) is 5.75 Å². The zero-order valence-electron chi connectivity index (χ0n) is 14.6. The molecule has 0 saturated carbocycles. The van der Waals surface area contributed by atoms with E-state index in [0.717, 1.165) is 5.75 Å². The maximum Gasteiger partial charge on any atom is 0.262 e. The van der Waals surface area contributed by atoms with Gasteiger partial charge in [-0.05, 0) is 31.3 Å². The summed E-state index contributed by atoms with van der Waals surface area (Å²) in [6.07, 6.45) is 0. The van der Waals surface area contributed by atoms with E-state index in [1.165, 1.54) is 4.57 Å². The minimum atomic E-state index is -0.180. The third-order valence-corrected chi connectivity index (χ3v) is 4.07. The highest BCUT2D eigenvalue weighted by Gasteiger charge is 2.12. The second-order valence-electron chi connectivity index (χ2n) is 5.99. The van der Waals surface area contributed by atoms with Crippen LogP contribution in [0.4, 0.5) is 0 Å². The molecule has 3 rings (SSSR count). The van der Waals surface area contributed by atoms with Crippen molar-refractivity contribution in [1.29, 1.82) is 5.26 Å². The Labute approximate surface area is 151 Å². The van der Waals surface area contributed by atoms with Crippen LogP contribution in [0, 0.1) is 11.3 Å². The molecule has 0 N–H and O–H groups in total. The third kappa shape index (κ3) is 4.08. The number of hydrogen-bond acceptors (Lipinski definition) is 5. The van der Waals surface area contributed by atoms with Crippen LogP contribution in [0.25, 0.3) is 10.9 Å². The highest BCUT2D eigenvalue weighted by atomic mass is 16.5. The maximum absolute atomic E-state index is 12.6. The smallest absolute Gasteiger partial charge is 0.262 e. The molecule has 0 atom stereocenters. The van der Waals surface area contributed by atoms with Crippen molar-refractivity contribution in [1.82, 2.24) is 14.5 Å². The number of ether oxygens (including phenoxy) is 1. The molecule has 0 aliphatic heterocycles. The summed E-state index contributed by atoms with van der Waals surface area (Å²) in [5, 5.41) is 9.60. The number of aromatic nitrogens is 2. The van der Waals surface area contributed by atoms with Crippen molar-refractivity contribution >= 4 is 10.9 Å². The molecule has 0 saturated heterocycles. The normalized spacial score (nSPS) is 10.8. The summed E-state index contributed by atoms with van der Waals surface area (Å²) in [6, 6.07) is 18.9. The first-order valence-corrected chi connectivity index (χ1v) is 8.41. The Balaban J connectivity index is 1.73. The molecule has 0 bridgehead atoms. The van der Waals surface area contributed by atoms with Gasteiger partial charge in [0.1, 0.15) is 24.7 Å². The Kier molecular flexibility index (Phi) is 5.62. The standard InChI is InChI=1S/C20H20N4O2/c1-23(13-14-26-16-7-3-2-4-8-16)15-19-22-18-10-6-5-9-17(18)20(25)24(19)12-11-21/h2-10H,12-15H2,1H3. The lowest BCUT2D eigenvalue weighted by Crippen LogP contribution is -2.31. The van der Waals surface area contributed by atoms with Gasteiger partial charge in [0.25, 0.3) is 5.56 Å². The van der Waals surface area contributed by atoms with Crippen LogP contribution in [-0.2, 0) is 13.1 Å². The van der Waals surface area contributed by atoms with Gasteiger partial charge in [-0.3, -0.25) is 14.3 Å². The average Bonchev–Trinajstić information content (AvgIpc) is 2.66. The van der Waals surface area contributed by atoms with Crippen LogP contribution in [0.15, 0.2) is 59.4 Å². The minimum Gasteiger partial charge on any atom is -0.492 e. The second kappa shape index (κ2) is 8.28. The van der Waals surface area contributed by atoms with E-state index in [0.29, 0.717) is 36.4 Å². The predicted octanol–water partition coefficient (Wildman–Crippen LogP) is 2.43. The molecule has 0 unspecified atom stereocenters. The van der Waals surface area contributed by atoms with Gasteiger partial charge in [-0.1, -0.05) is 30.3 Å². The molecular formula is C20H20N4O2. The van der Waals surface area contributed by atoms with E-state index in [9.17, 15) is 4.79 Å². The first-order chi connectivity index (χ1) is 12.7. The number of fused-ring (bicyclic) bond motifs is 1. The topological polar surface area (TPSA) is 71.2 Å². The molecule has 0 aliphatic carbocycles. The minimum absolute atomic E-state index is 0.0135. The first-order valence-electron chi connectivity index (χ1n) is 8.41. The first kappa shape index (κ1) is 17.6. The fourth-order valence-electron chi connectivity index (χ4n) is 2.73. The van der Waals surface area contributed by atoms with Crippen molar-refractivity contribution in [3.63, 3.8) is 0 Å². The highest BCUT2D eigenvalue weighted by Crippen LogP contribution is 2.10. The van der Waals surface area contributed by atoms with Gasteiger partial charge in [-0.2, -0.15) is 5.26 Å². The van der Waals surface area contributed by atoms with E-state index >= 15 is 0 Å². The number of rotatable bonds is 7. The Morgan fingerprint density at radius 1 is 1.15 bits per heavy atom. The molecule has 6 nitrogen and oxygen atoms in total. The molecule has 132 valence electrons. The molecule has 0 aliphatic rings. The molecule has 0 radical (unpaired) electrons. The van der Waals surface area contributed by atoms with Gasteiger partial charge < -0.3 is 4.74 Å². The lowest BCUT2D eigenvalue weighted by Gasteiger charge is -2.19. The number of nitrogens with zero attached hydrogens (tertiary/aromatic N) is 4. The quantitative estimate of drug-likeness (QED) is 0.656. The summed E-state index contributed by atoms with van der Waals surface area (Å²) >= 11 is 0. The third-order valence-electron chi connectivity index (χ3n) is 4.07. The highest BCUT2D eigenvalue weighted by molar-refractivity contribution is 5.77. The SMILES string of the molecule is CN(CCOc1ccccc1)Cc1nc2ccccc2c(=O)n1CC#N. The summed E-state index contributed by atoms with van der Waals surface area (Å²) in [6.45, 7) is 1.64. The van der Waals surface area contributed by atoms with Gasteiger partial charge in [-0.15, -0.1) is 0 Å². The van der Waals surface area contributed by atoms with Gasteiger partial charge >= 0.3 is 0 Å². The summed E-state index contributed by atoms with van der Waals surface area (Å²) in [7, 11) is 1.94. The predicted molar refractivity (Wildman–Crippen MR) is 99.9 cm³/mol. The zero-order valence-corrected chi connectivity index (χ0v) is 14.6. The zero-order chi connectivity index (χ0) is 18.4. The van der Waals surface area contributed by atoms with Crippen LogP contribution in [0.3, 0.4) is 0 Å². The Morgan fingerprint density at radius 3 is 2.65 bits per heavy atom. The van der Waals surface area contributed by atoms with Crippen molar-refractivity contribution in [3.05, 3.63) is 70.8 Å². The number of benzene rings is 2. The van der Waals surface area contributed by atoms with Crippen molar-refractivity contribution in [2.75, 3.05) is 20.2 Å². The fraction of sp³-hybridized carbons (Fsp3) is 0.250. The van der Waals surface area contributed by atoms with Crippen LogP contribution in [-0.4, -0.2) is 34.7 Å². The van der Waals surface area contributed by atoms with Crippen LogP contribution in [0.1, 0.15) is 5.82 Å². The van der Waals surface area contributed by atoms with Gasteiger partial charge in [-0.25, -0.2) is 4.98 Å². The molecule has 1 aromatic heterocycles. The summed E-state index contributed by atoms with van der Waals surface area (Å²) in [5.41, 5.74) is 0.469. The largest absolute Gasteiger partial charge is 0.492 e. The second-order valence-corrected chi connectivity index (χ2v) is 5.99. The van der Waals surface area contributed by atoms with Gasteiger partial charge in [0.15, 0.2) is 0 Å². The molecule has 1 heterocycles. The average molecular weight is 348 g/mol. The van der Waals surface area contributed by atoms with Gasteiger partial charge in [0.2, 0.25) is 0 Å². The van der Waals surface area contributed by atoms with Crippen molar-refractivity contribution in [2.45, 2.75) is 13.1 Å². The van der Waals surface area contributed by atoms with E-state index < -0.39 is 0 Å². The van der Waals surface area contributed by atoms with Crippen molar-refractivity contribution in [3.8, 4) is 11.8 Å². The monoisotopic (exact) mass is 348 g/mol. The molecule has 0 amide bonds. The van der Waals surface area contributed by atoms with E-state index in [1.807, 2.05) is 60.5 Å². The number of para-hydroxylation sites is 2. The van der Waals surface area contributed by atoms with E-state index in [1.54, 1.807) is 12.1 Å². The van der Waals surface area contributed by atoms with Crippen molar-refractivity contribution < 1.29 is 4.74 Å². The van der Waals surface area contributed by atoms with Crippen LogP contribution < -0.4 is 10.3 Å². The Hall–Kier alpha value is -3.17. The lowest BCUT2D eigenvalue weighted by molar-refractivity contribution is 0.227. The van der Waals surface area contributed by atoms with Crippen molar-refractivity contribution in [2.24, 2.45) is 0 Å². The molecule has 6 heteroatoms. The molecule has 3 aromatic rings. The molecular weight excluding hydrogens is 328 g/mol. The van der Waals surface area contributed by atoms with Gasteiger partial charge in [0.05, 0.1) is 23.5 Å². The number of likely N-dealkylation sites (N-methyl/N-ethyl adjacent to an activating group) is 1. The van der Waals surface area contributed by atoms with E-state index in [-0.39, 0.29) is 12.1 Å². The number of hydrogen-bond donors (Lipinski definition) is 0. The van der Waals surface area contributed by atoms with Crippen LogP contribution in [0.2, 0.25) is 0 Å². The fourth-order valence-corrected chi connectivity index (χ4v) is 2.73. The summed E-state index contributed by atoms with van der Waals surface area (Å²) in [4.78, 5) is 19.3. The van der Waals surface area contributed by atoms with Crippen LogP contribution >= 0.6 is 0 Å². The Morgan fingerprint density at radius 2 is 1.88 bits per heavy atom. The molecule has 0 fully saturated rings. The lowest BCUT2D eigenvalue weighted by atomic mass is 10.2. The summed E-state index contributed by atoms with van der Waals surface area (Å²) < 4.78 is 7.14. The Bertz CT molecular complexity index is 977. The molecule has 0 spiro atoms. The van der Waals surface area contributed by atoms with Gasteiger partial charge in [0, 0.05) is 6.54 Å². The molecule has 2 aromatic carbocycles.